The topological polar surface area (TPSA) is 33.2 Å². The van der Waals surface area contributed by atoms with Gasteiger partial charge in [0.1, 0.15) is 4.34 Å². The lowest BCUT2D eigenvalue weighted by Crippen LogP contribution is -2.37. The van der Waals surface area contributed by atoms with Crippen molar-refractivity contribution >= 4 is 62.0 Å². The van der Waals surface area contributed by atoms with Crippen molar-refractivity contribution in [3.05, 3.63) is 49.6 Å². The Bertz CT molecular complexity index is 864. The van der Waals surface area contributed by atoms with Crippen LogP contribution in [-0.4, -0.2) is 28.9 Å². The normalized spacial score (nSPS) is 16.0. The molecule has 24 heavy (non-hydrogen) atoms. The van der Waals surface area contributed by atoms with Crippen LogP contribution in [0.5, 0.6) is 0 Å². The summed E-state index contributed by atoms with van der Waals surface area (Å²) < 4.78 is 2.25. The van der Waals surface area contributed by atoms with Crippen LogP contribution in [0.3, 0.4) is 0 Å². The van der Waals surface area contributed by atoms with Crippen LogP contribution in [0.4, 0.5) is 0 Å². The molecule has 0 unspecified atom stereocenters. The number of para-hydroxylation sites is 1. The number of hydrogen-bond donors (Lipinski definition) is 0. The standard InChI is InChI=1S/C17H14Cl2N2OS2/c18-14-9-11(15(19)24-14)17(22)21-7-5-10(6-8-21)16-20-12-3-1-2-4-13(12)23-16/h1-4,9-10H,5-8H2. The zero-order chi connectivity index (χ0) is 16.7. The number of thiazole rings is 1. The Morgan fingerprint density at radius 3 is 2.58 bits per heavy atom. The van der Waals surface area contributed by atoms with E-state index in [0.29, 0.717) is 20.2 Å². The summed E-state index contributed by atoms with van der Waals surface area (Å²) in [7, 11) is 0. The average Bonchev–Trinajstić information content (AvgIpc) is 3.17. The minimum absolute atomic E-state index is 0.0223. The molecular formula is C17H14Cl2N2OS2. The predicted molar refractivity (Wildman–Crippen MR) is 102 cm³/mol. The molecule has 2 aromatic heterocycles. The molecule has 0 aliphatic carbocycles. The summed E-state index contributed by atoms with van der Waals surface area (Å²) in [5, 5.41) is 1.18. The third-order valence-corrected chi connectivity index (χ3v) is 7.02. The first-order valence-electron chi connectivity index (χ1n) is 7.71. The van der Waals surface area contributed by atoms with Gasteiger partial charge in [0.25, 0.3) is 5.91 Å². The smallest absolute Gasteiger partial charge is 0.256 e. The number of rotatable bonds is 2. The zero-order valence-electron chi connectivity index (χ0n) is 12.7. The van der Waals surface area contributed by atoms with E-state index in [4.69, 9.17) is 28.2 Å². The molecule has 1 aliphatic rings. The zero-order valence-corrected chi connectivity index (χ0v) is 15.8. The Kier molecular flexibility index (Phi) is 4.52. The quantitative estimate of drug-likeness (QED) is 0.557. The van der Waals surface area contributed by atoms with Crippen LogP contribution >= 0.6 is 45.9 Å². The summed E-state index contributed by atoms with van der Waals surface area (Å²) in [6.07, 6.45) is 1.86. The van der Waals surface area contributed by atoms with Crippen LogP contribution in [0.2, 0.25) is 8.67 Å². The maximum atomic E-state index is 12.6. The van der Waals surface area contributed by atoms with Gasteiger partial charge in [-0.3, -0.25) is 4.79 Å². The molecule has 3 heterocycles. The predicted octanol–water partition coefficient (Wildman–Crippen LogP) is 5.68. The Hall–Kier alpha value is -1.14. The minimum Gasteiger partial charge on any atom is -0.339 e. The lowest BCUT2D eigenvalue weighted by Gasteiger charge is -2.31. The molecule has 7 heteroatoms. The summed E-state index contributed by atoms with van der Waals surface area (Å²) in [5.41, 5.74) is 1.58. The molecule has 0 bridgehead atoms. The fourth-order valence-electron chi connectivity index (χ4n) is 3.05. The number of carbonyl (C=O) groups is 1. The van der Waals surface area contributed by atoms with E-state index in [-0.39, 0.29) is 5.91 Å². The highest BCUT2D eigenvalue weighted by atomic mass is 35.5. The molecule has 1 fully saturated rings. The second-order valence-electron chi connectivity index (χ2n) is 5.82. The summed E-state index contributed by atoms with van der Waals surface area (Å²) in [5.74, 6) is 0.402. The van der Waals surface area contributed by atoms with Crippen molar-refractivity contribution in [2.45, 2.75) is 18.8 Å². The van der Waals surface area contributed by atoms with E-state index in [1.54, 1.807) is 17.4 Å². The molecule has 3 aromatic rings. The van der Waals surface area contributed by atoms with Crippen LogP contribution in [0.25, 0.3) is 10.2 Å². The van der Waals surface area contributed by atoms with Crippen molar-refractivity contribution < 1.29 is 4.79 Å². The van der Waals surface area contributed by atoms with Crippen molar-refractivity contribution in [1.29, 1.82) is 0 Å². The molecule has 1 aromatic carbocycles. The van der Waals surface area contributed by atoms with Gasteiger partial charge in [0.15, 0.2) is 0 Å². The van der Waals surface area contributed by atoms with Crippen molar-refractivity contribution in [3.63, 3.8) is 0 Å². The van der Waals surface area contributed by atoms with E-state index in [0.717, 1.165) is 31.4 Å². The Morgan fingerprint density at radius 2 is 1.92 bits per heavy atom. The first kappa shape index (κ1) is 16.3. The largest absolute Gasteiger partial charge is 0.339 e. The number of likely N-dealkylation sites (tertiary alicyclic amines) is 1. The Morgan fingerprint density at radius 1 is 1.17 bits per heavy atom. The highest BCUT2D eigenvalue weighted by Gasteiger charge is 2.28. The van der Waals surface area contributed by atoms with Gasteiger partial charge in [-0.25, -0.2) is 4.98 Å². The highest BCUT2D eigenvalue weighted by molar-refractivity contribution is 7.20. The molecule has 1 amide bonds. The van der Waals surface area contributed by atoms with Crippen molar-refractivity contribution in [1.82, 2.24) is 9.88 Å². The lowest BCUT2D eigenvalue weighted by molar-refractivity contribution is 0.0713. The molecule has 1 aliphatic heterocycles. The van der Waals surface area contributed by atoms with E-state index >= 15 is 0 Å². The van der Waals surface area contributed by atoms with Gasteiger partial charge in [-0.15, -0.1) is 22.7 Å². The third-order valence-electron chi connectivity index (χ3n) is 4.33. The molecule has 1 saturated heterocycles. The number of hydrogen-bond acceptors (Lipinski definition) is 4. The van der Waals surface area contributed by atoms with Crippen LogP contribution in [0, 0.1) is 0 Å². The van der Waals surface area contributed by atoms with Gasteiger partial charge < -0.3 is 4.90 Å². The SMILES string of the molecule is O=C(c1cc(Cl)sc1Cl)N1CCC(c2nc3ccccc3s2)CC1. The van der Waals surface area contributed by atoms with Crippen LogP contribution in [-0.2, 0) is 0 Å². The van der Waals surface area contributed by atoms with E-state index in [1.807, 2.05) is 17.0 Å². The van der Waals surface area contributed by atoms with Crippen molar-refractivity contribution in [3.8, 4) is 0 Å². The molecule has 124 valence electrons. The molecule has 0 spiro atoms. The van der Waals surface area contributed by atoms with Gasteiger partial charge in [0, 0.05) is 19.0 Å². The maximum Gasteiger partial charge on any atom is 0.256 e. The second-order valence-corrected chi connectivity index (χ2v) is 9.17. The molecule has 0 atom stereocenters. The summed E-state index contributed by atoms with van der Waals surface area (Å²) in [6.45, 7) is 1.45. The highest BCUT2D eigenvalue weighted by Crippen LogP contribution is 2.36. The third kappa shape index (κ3) is 3.06. The van der Waals surface area contributed by atoms with Gasteiger partial charge >= 0.3 is 0 Å². The number of fused-ring (bicyclic) bond motifs is 1. The van der Waals surface area contributed by atoms with Crippen molar-refractivity contribution in [2.24, 2.45) is 0 Å². The maximum absolute atomic E-state index is 12.6. The number of aromatic nitrogens is 1. The fourth-order valence-corrected chi connectivity index (χ4v) is 5.64. The average molecular weight is 397 g/mol. The van der Waals surface area contributed by atoms with Crippen LogP contribution in [0.15, 0.2) is 30.3 Å². The number of piperidine rings is 1. The van der Waals surface area contributed by atoms with Crippen molar-refractivity contribution in [2.75, 3.05) is 13.1 Å². The second kappa shape index (κ2) is 6.64. The summed E-state index contributed by atoms with van der Waals surface area (Å²) in [4.78, 5) is 19.2. The number of carbonyl (C=O) groups excluding carboxylic acids is 1. The van der Waals surface area contributed by atoms with Gasteiger partial charge in [-0.05, 0) is 31.0 Å². The summed E-state index contributed by atoms with van der Waals surface area (Å²) in [6, 6.07) is 9.88. The lowest BCUT2D eigenvalue weighted by atomic mass is 9.97. The number of halogens is 2. The molecule has 0 N–H and O–H groups in total. The molecule has 0 radical (unpaired) electrons. The van der Waals surface area contributed by atoms with Gasteiger partial charge in [-0.2, -0.15) is 0 Å². The minimum atomic E-state index is -0.0223. The van der Waals surface area contributed by atoms with E-state index < -0.39 is 0 Å². The molecule has 0 saturated carbocycles. The number of thiophene rings is 1. The molecule has 3 nitrogen and oxygen atoms in total. The number of benzene rings is 1. The molecular weight excluding hydrogens is 383 g/mol. The van der Waals surface area contributed by atoms with E-state index in [2.05, 4.69) is 12.1 Å². The van der Waals surface area contributed by atoms with Gasteiger partial charge in [-0.1, -0.05) is 35.3 Å². The number of nitrogens with zero attached hydrogens (tertiary/aromatic N) is 2. The monoisotopic (exact) mass is 396 g/mol. The first-order chi connectivity index (χ1) is 11.6. The fraction of sp³-hybridized carbons (Fsp3) is 0.294. The van der Waals surface area contributed by atoms with Crippen LogP contribution < -0.4 is 0 Å². The summed E-state index contributed by atoms with van der Waals surface area (Å²) >= 11 is 15.1. The Labute approximate surface area is 157 Å². The number of amides is 1. The first-order valence-corrected chi connectivity index (χ1v) is 10.1. The van der Waals surface area contributed by atoms with E-state index in [9.17, 15) is 4.79 Å². The van der Waals surface area contributed by atoms with Crippen LogP contribution in [0.1, 0.15) is 34.1 Å². The molecule has 4 rings (SSSR count). The van der Waals surface area contributed by atoms with E-state index in [1.165, 1.54) is 21.0 Å². The van der Waals surface area contributed by atoms with Gasteiger partial charge in [0.2, 0.25) is 0 Å². The van der Waals surface area contributed by atoms with Gasteiger partial charge in [0.05, 0.1) is 25.1 Å². The Balaban J connectivity index is 1.46.